The van der Waals surface area contributed by atoms with Crippen molar-refractivity contribution in [3.05, 3.63) is 23.9 Å². The van der Waals surface area contributed by atoms with Crippen LogP contribution in [-0.4, -0.2) is 42.7 Å². The molecule has 106 valence electrons. The summed E-state index contributed by atoms with van der Waals surface area (Å²) in [5.74, 6) is 0.937. The Hall–Kier alpha value is -1.62. The van der Waals surface area contributed by atoms with E-state index >= 15 is 0 Å². The van der Waals surface area contributed by atoms with Crippen LogP contribution in [0.2, 0.25) is 0 Å². The number of nitrogens with one attached hydrogen (secondary N) is 1. The predicted octanol–water partition coefficient (Wildman–Crippen LogP) is 1.28. The number of aliphatic hydroxyl groups is 1. The third-order valence-corrected chi connectivity index (χ3v) is 2.82. The van der Waals surface area contributed by atoms with Crippen LogP contribution >= 0.6 is 0 Å². The quantitative estimate of drug-likeness (QED) is 0.813. The number of hydrogen-bond acceptors (Lipinski definition) is 4. The summed E-state index contributed by atoms with van der Waals surface area (Å²) < 4.78 is 0. The van der Waals surface area contributed by atoms with Crippen LogP contribution in [0.5, 0.6) is 0 Å². The zero-order valence-corrected chi connectivity index (χ0v) is 12.1. The van der Waals surface area contributed by atoms with Gasteiger partial charge in [0.2, 0.25) is 0 Å². The van der Waals surface area contributed by atoms with Gasteiger partial charge < -0.3 is 15.3 Å². The van der Waals surface area contributed by atoms with Gasteiger partial charge in [-0.2, -0.15) is 0 Å². The van der Waals surface area contributed by atoms with E-state index in [2.05, 4.69) is 10.3 Å². The van der Waals surface area contributed by atoms with Crippen molar-refractivity contribution in [2.45, 2.75) is 26.4 Å². The molecule has 19 heavy (non-hydrogen) atoms. The Bertz CT molecular complexity index is 402. The fourth-order valence-electron chi connectivity index (χ4n) is 1.82. The molecule has 1 aromatic heterocycles. The lowest BCUT2D eigenvalue weighted by Gasteiger charge is -2.14. The fourth-order valence-corrected chi connectivity index (χ4v) is 1.82. The van der Waals surface area contributed by atoms with Gasteiger partial charge in [0.05, 0.1) is 11.7 Å². The summed E-state index contributed by atoms with van der Waals surface area (Å²) in [5, 5.41) is 12.1. The fraction of sp³-hybridized carbons (Fsp3) is 0.571. The highest BCUT2D eigenvalue weighted by Gasteiger charge is 2.10. The lowest BCUT2D eigenvalue weighted by atomic mass is 10.0. The third kappa shape index (κ3) is 5.26. The molecule has 5 heteroatoms. The van der Waals surface area contributed by atoms with Gasteiger partial charge in [0.15, 0.2) is 0 Å². The van der Waals surface area contributed by atoms with Gasteiger partial charge in [-0.25, -0.2) is 4.98 Å². The summed E-state index contributed by atoms with van der Waals surface area (Å²) in [7, 11) is 3.81. The van der Waals surface area contributed by atoms with Gasteiger partial charge in [0.25, 0.3) is 5.91 Å². The average Bonchev–Trinajstić information content (AvgIpc) is 2.35. The molecule has 0 aromatic carbocycles. The van der Waals surface area contributed by atoms with Crippen molar-refractivity contribution in [2.75, 3.05) is 25.5 Å². The minimum atomic E-state index is -0.340. The first-order valence-corrected chi connectivity index (χ1v) is 6.49. The van der Waals surface area contributed by atoms with E-state index in [-0.39, 0.29) is 17.9 Å². The normalized spacial score (nSPS) is 13.7. The van der Waals surface area contributed by atoms with Gasteiger partial charge in [-0.3, -0.25) is 4.79 Å². The standard InChI is InChI=1S/C14H23N3O2/c1-10(7-11(2)18)8-16-14(19)12-5-6-13(15-9-12)17(3)4/h5-6,9-11,18H,7-8H2,1-4H3,(H,16,19). The van der Waals surface area contributed by atoms with Crippen LogP contribution in [0.15, 0.2) is 18.3 Å². The second-order valence-corrected chi connectivity index (χ2v) is 5.20. The van der Waals surface area contributed by atoms with Gasteiger partial charge in [0.1, 0.15) is 5.82 Å². The molecular formula is C14H23N3O2. The summed E-state index contributed by atoms with van der Waals surface area (Å²) in [4.78, 5) is 18.0. The van der Waals surface area contributed by atoms with Crippen molar-refractivity contribution >= 4 is 11.7 Å². The van der Waals surface area contributed by atoms with E-state index < -0.39 is 0 Å². The van der Waals surface area contributed by atoms with Crippen LogP contribution in [0.1, 0.15) is 30.6 Å². The van der Waals surface area contributed by atoms with Gasteiger partial charge in [-0.05, 0) is 31.4 Å². The van der Waals surface area contributed by atoms with Gasteiger partial charge in [-0.15, -0.1) is 0 Å². The molecule has 1 amide bonds. The Morgan fingerprint density at radius 1 is 1.42 bits per heavy atom. The van der Waals surface area contributed by atoms with Crippen LogP contribution in [0.25, 0.3) is 0 Å². The maximum atomic E-state index is 11.9. The molecular weight excluding hydrogens is 242 g/mol. The number of anilines is 1. The van der Waals surface area contributed by atoms with Crippen LogP contribution < -0.4 is 10.2 Å². The molecule has 0 bridgehead atoms. The number of aliphatic hydroxyl groups excluding tert-OH is 1. The number of amides is 1. The number of aromatic nitrogens is 1. The van der Waals surface area contributed by atoms with E-state index in [4.69, 9.17) is 0 Å². The van der Waals surface area contributed by atoms with Crippen molar-refractivity contribution in [3.8, 4) is 0 Å². The third-order valence-electron chi connectivity index (χ3n) is 2.82. The molecule has 0 saturated heterocycles. The monoisotopic (exact) mass is 265 g/mol. The Kier molecular flexibility index (Phi) is 5.76. The number of carbonyl (C=O) groups is 1. The van der Waals surface area contributed by atoms with Crippen LogP contribution in [-0.2, 0) is 0 Å². The number of carbonyl (C=O) groups excluding carboxylic acids is 1. The van der Waals surface area contributed by atoms with Crippen molar-refractivity contribution in [1.29, 1.82) is 0 Å². The maximum Gasteiger partial charge on any atom is 0.252 e. The summed E-state index contributed by atoms with van der Waals surface area (Å²) >= 11 is 0. The molecule has 2 unspecified atom stereocenters. The first-order chi connectivity index (χ1) is 8.90. The van der Waals surface area contributed by atoms with E-state index in [1.165, 1.54) is 0 Å². The molecule has 1 heterocycles. The zero-order valence-electron chi connectivity index (χ0n) is 12.1. The molecule has 0 aliphatic carbocycles. The number of hydrogen-bond donors (Lipinski definition) is 2. The molecule has 0 fully saturated rings. The molecule has 2 N–H and O–H groups in total. The van der Waals surface area contributed by atoms with Crippen LogP contribution in [0, 0.1) is 5.92 Å². The lowest BCUT2D eigenvalue weighted by Crippen LogP contribution is -2.29. The van der Waals surface area contributed by atoms with Crippen LogP contribution in [0.4, 0.5) is 5.82 Å². The van der Waals surface area contributed by atoms with Crippen molar-refractivity contribution in [2.24, 2.45) is 5.92 Å². The first kappa shape index (κ1) is 15.4. The SMILES string of the molecule is CC(O)CC(C)CNC(=O)c1ccc(N(C)C)nc1. The molecule has 0 aliphatic heterocycles. The average molecular weight is 265 g/mol. The maximum absolute atomic E-state index is 11.9. The second kappa shape index (κ2) is 7.09. The topological polar surface area (TPSA) is 65.5 Å². The lowest BCUT2D eigenvalue weighted by molar-refractivity contribution is 0.0939. The number of nitrogens with zero attached hydrogens (tertiary/aromatic N) is 2. The van der Waals surface area contributed by atoms with Crippen molar-refractivity contribution in [1.82, 2.24) is 10.3 Å². The van der Waals surface area contributed by atoms with E-state index in [0.717, 1.165) is 5.82 Å². The summed E-state index contributed by atoms with van der Waals surface area (Å²) in [5.41, 5.74) is 0.551. The first-order valence-electron chi connectivity index (χ1n) is 6.49. The Morgan fingerprint density at radius 2 is 2.11 bits per heavy atom. The Morgan fingerprint density at radius 3 is 2.58 bits per heavy atom. The largest absolute Gasteiger partial charge is 0.393 e. The Labute approximate surface area is 114 Å². The molecule has 1 aromatic rings. The van der Waals surface area contributed by atoms with E-state index in [0.29, 0.717) is 18.5 Å². The second-order valence-electron chi connectivity index (χ2n) is 5.20. The van der Waals surface area contributed by atoms with Gasteiger partial charge >= 0.3 is 0 Å². The number of pyridine rings is 1. The van der Waals surface area contributed by atoms with Crippen molar-refractivity contribution < 1.29 is 9.90 Å². The highest BCUT2D eigenvalue weighted by molar-refractivity contribution is 5.94. The summed E-state index contributed by atoms with van der Waals surface area (Å²) in [6, 6.07) is 3.57. The predicted molar refractivity (Wildman–Crippen MR) is 76.4 cm³/mol. The summed E-state index contributed by atoms with van der Waals surface area (Å²) in [6.07, 6.45) is 1.91. The highest BCUT2D eigenvalue weighted by atomic mass is 16.3. The van der Waals surface area contributed by atoms with E-state index in [1.54, 1.807) is 19.2 Å². The molecule has 2 atom stereocenters. The van der Waals surface area contributed by atoms with Crippen LogP contribution in [0.3, 0.4) is 0 Å². The molecule has 0 saturated carbocycles. The van der Waals surface area contributed by atoms with Gasteiger partial charge in [-0.1, -0.05) is 6.92 Å². The molecule has 5 nitrogen and oxygen atoms in total. The van der Waals surface area contributed by atoms with E-state index in [1.807, 2.05) is 32.0 Å². The molecule has 0 aliphatic rings. The smallest absolute Gasteiger partial charge is 0.252 e. The minimum Gasteiger partial charge on any atom is -0.393 e. The molecule has 0 radical (unpaired) electrons. The number of rotatable bonds is 6. The minimum absolute atomic E-state index is 0.129. The van der Waals surface area contributed by atoms with Crippen molar-refractivity contribution in [3.63, 3.8) is 0 Å². The molecule has 1 rings (SSSR count). The molecule has 0 spiro atoms. The Balaban J connectivity index is 2.49. The summed E-state index contributed by atoms with van der Waals surface area (Å²) in [6.45, 7) is 4.31. The van der Waals surface area contributed by atoms with Gasteiger partial charge in [0, 0.05) is 26.8 Å². The highest BCUT2D eigenvalue weighted by Crippen LogP contribution is 2.08. The zero-order chi connectivity index (χ0) is 14.4. The van der Waals surface area contributed by atoms with E-state index in [9.17, 15) is 9.90 Å².